The second-order valence-corrected chi connectivity index (χ2v) is 4.99. The van der Waals surface area contributed by atoms with Gasteiger partial charge in [0.1, 0.15) is 0 Å². The molecule has 0 aliphatic heterocycles. The minimum absolute atomic E-state index is 0.0602. The zero-order valence-electron chi connectivity index (χ0n) is 10.1. The van der Waals surface area contributed by atoms with Gasteiger partial charge in [-0.3, -0.25) is 0 Å². The van der Waals surface area contributed by atoms with Gasteiger partial charge in [-0.2, -0.15) is 0 Å². The van der Waals surface area contributed by atoms with E-state index in [2.05, 4.69) is 0 Å². The van der Waals surface area contributed by atoms with Crippen LogP contribution in [0.2, 0.25) is 0 Å². The summed E-state index contributed by atoms with van der Waals surface area (Å²) < 4.78 is 6.76. The molecule has 1 atom stereocenters. The first kappa shape index (κ1) is 14.4. The molecular weight excluding hydrogens is 281 g/mol. The van der Waals surface area contributed by atoms with Gasteiger partial charge in [0.2, 0.25) is 0 Å². The number of rotatable bonds is 7. The molecule has 0 bridgehead atoms. The Bertz CT molecular complexity index is 341. The molecule has 96 valence electrons. The van der Waals surface area contributed by atoms with Gasteiger partial charge in [0.15, 0.2) is 0 Å². The van der Waals surface area contributed by atoms with Crippen LogP contribution < -0.4 is 14.0 Å². The third kappa shape index (κ3) is 4.23. The van der Waals surface area contributed by atoms with Crippen molar-refractivity contribution in [2.45, 2.75) is 6.92 Å². The molecule has 5 heteroatoms. The van der Waals surface area contributed by atoms with Gasteiger partial charge in [0.25, 0.3) is 0 Å². The first-order valence-corrected chi connectivity index (χ1v) is 6.93. The summed E-state index contributed by atoms with van der Waals surface area (Å²) in [6.07, 6.45) is 0. The van der Waals surface area contributed by atoms with Gasteiger partial charge in [0.05, 0.1) is 0 Å². The molecule has 0 heterocycles. The van der Waals surface area contributed by atoms with Crippen LogP contribution in [0.15, 0.2) is 18.2 Å². The Morgan fingerprint density at radius 3 is 2.41 bits per heavy atom. The zero-order chi connectivity index (χ0) is 12.7. The van der Waals surface area contributed by atoms with E-state index in [9.17, 15) is 0 Å². The van der Waals surface area contributed by atoms with Crippen LogP contribution in [-0.4, -0.2) is 60.0 Å². The molecule has 1 aromatic rings. The molecule has 1 rings (SSSR count). The predicted molar refractivity (Wildman–Crippen MR) is 72.2 cm³/mol. The van der Waals surface area contributed by atoms with Crippen LogP contribution >= 0.6 is 0 Å². The Morgan fingerprint density at radius 1 is 1.24 bits per heavy atom. The molecule has 4 nitrogen and oxygen atoms in total. The first-order chi connectivity index (χ1) is 8.22. The number of nitrogens with zero attached hydrogens (tertiary/aromatic N) is 1. The van der Waals surface area contributed by atoms with E-state index in [0.717, 1.165) is 11.4 Å². The van der Waals surface area contributed by atoms with Crippen LogP contribution in [0, 0.1) is 0 Å². The first-order valence-electron chi connectivity index (χ1n) is 5.72. The summed E-state index contributed by atoms with van der Waals surface area (Å²) in [5.41, 5.74) is 0.942. The van der Waals surface area contributed by atoms with Crippen molar-refractivity contribution in [3.05, 3.63) is 18.2 Å². The number of aliphatic hydroxyl groups is 2. The van der Waals surface area contributed by atoms with Crippen molar-refractivity contribution in [1.82, 2.24) is 0 Å². The Hall–Kier alpha value is -0.702. The average molecular weight is 301 g/mol. The summed E-state index contributed by atoms with van der Waals surface area (Å²) in [6, 6.07) is 6.00. The maximum absolute atomic E-state index is 9.05. The summed E-state index contributed by atoms with van der Waals surface area (Å²) in [5, 5.41) is 18.1. The number of aliphatic hydroxyl groups excluding tert-OH is 2. The molecule has 0 aliphatic carbocycles. The molecule has 0 spiro atoms. The van der Waals surface area contributed by atoms with Gasteiger partial charge in [-0.15, -0.1) is 0 Å². The Morgan fingerprint density at radius 2 is 1.88 bits per heavy atom. The average Bonchev–Trinajstić information content (AvgIpc) is 2.31. The van der Waals surface area contributed by atoms with E-state index >= 15 is 0 Å². The van der Waals surface area contributed by atoms with Crippen molar-refractivity contribution in [2.75, 3.05) is 37.8 Å². The van der Waals surface area contributed by atoms with E-state index in [4.69, 9.17) is 14.9 Å². The van der Waals surface area contributed by atoms with E-state index in [-0.39, 0.29) is 13.2 Å². The number of benzene rings is 1. The van der Waals surface area contributed by atoms with Crippen molar-refractivity contribution < 1.29 is 14.9 Å². The van der Waals surface area contributed by atoms with Crippen LogP contribution in [0.1, 0.15) is 6.92 Å². The van der Waals surface area contributed by atoms with Crippen LogP contribution in [0.3, 0.4) is 0 Å². The molecule has 1 aromatic carbocycles. The summed E-state index contributed by atoms with van der Waals surface area (Å²) in [7, 11) is 0. The van der Waals surface area contributed by atoms with Crippen molar-refractivity contribution >= 4 is 26.9 Å². The van der Waals surface area contributed by atoms with Crippen molar-refractivity contribution in [1.29, 1.82) is 0 Å². The van der Waals surface area contributed by atoms with Crippen LogP contribution in [0.4, 0.5) is 5.69 Å². The van der Waals surface area contributed by atoms with Crippen molar-refractivity contribution in [3.63, 3.8) is 0 Å². The fourth-order valence-corrected chi connectivity index (χ4v) is 2.19. The van der Waals surface area contributed by atoms with Crippen molar-refractivity contribution in [3.8, 4) is 5.75 Å². The van der Waals surface area contributed by atoms with Crippen LogP contribution in [-0.2, 0) is 0 Å². The quantitative estimate of drug-likeness (QED) is 0.643. The third-order valence-electron chi connectivity index (χ3n) is 2.36. The number of ether oxygens (including phenoxy) is 1. The second-order valence-electron chi connectivity index (χ2n) is 3.59. The molecule has 1 unspecified atom stereocenters. The van der Waals surface area contributed by atoms with Crippen LogP contribution in [0.5, 0.6) is 5.75 Å². The maximum atomic E-state index is 9.05. The Labute approximate surface area is 111 Å². The van der Waals surface area contributed by atoms with Crippen LogP contribution in [0.25, 0.3) is 0 Å². The molecule has 0 amide bonds. The minimum atomic E-state index is 0.0602. The number of hydrogen-bond acceptors (Lipinski definition) is 4. The molecule has 0 aliphatic rings. The molecule has 0 saturated carbocycles. The van der Waals surface area contributed by atoms with E-state index in [1.54, 1.807) is 16.9 Å². The predicted octanol–water partition coefficient (Wildman–Crippen LogP) is -0.865. The topological polar surface area (TPSA) is 52.9 Å². The van der Waals surface area contributed by atoms with E-state index in [0.29, 0.717) is 19.7 Å². The molecule has 2 N–H and O–H groups in total. The van der Waals surface area contributed by atoms with Gasteiger partial charge >= 0.3 is 111 Å². The van der Waals surface area contributed by atoms with Gasteiger partial charge < -0.3 is 0 Å². The van der Waals surface area contributed by atoms with Gasteiger partial charge in [-0.05, 0) is 0 Å². The standard InChI is InChI=1S/C12H20AsNO3/c1-2-17-12-4-3-10(13)9-11(12)14(5-7-15)6-8-16/h3-4,9,15-16H,2,5-8,13H2,1H3. The molecule has 0 radical (unpaired) electrons. The van der Waals surface area contributed by atoms with E-state index in [1.807, 2.05) is 30.0 Å². The SMILES string of the molecule is CCOc1ccc([AsH2])cc1N(CCO)CCO. The molecular formula is C12H20AsNO3. The number of hydrogen-bond donors (Lipinski definition) is 2. The summed E-state index contributed by atoms with van der Waals surface area (Å²) >= 11 is 1.54. The normalized spacial score (nSPS) is 10.4. The molecule has 17 heavy (non-hydrogen) atoms. The van der Waals surface area contributed by atoms with E-state index in [1.165, 1.54) is 4.35 Å². The fourth-order valence-electron chi connectivity index (χ4n) is 1.65. The summed E-state index contributed by atoms with van der Waals surface area (Å²) in [4.78, 5) is 1.94. The fraction of sp³-hybridized carbons (Fsp3) is 0.500. The summed E-state index contributed by atoms with van der Waals surface area (Å²) in [5.74, 6) is 0.802. The van der Waals surface area contributed by atoms with Crippen molar-refractivity contribution in [2.24, 2.45) is 0 Å². The monoisotopic (exact) mass is 301 g/mol. The Balaban J connectivity index is 3.00. The van der Waals surface area contributed by atoms with Gasteiger partial charge in [0, 0.05) is 0 Å². The third-order valence-corrected chi connectivity index (χ3v) is 3.12. The molecule has 0 saturated heterocycles. The zero-order valence-corrected chi connectivity index (χ0v) is 12.5. The Kier molecular flexibility index (Phi) is 6.41. The summed E-state index contributed by atoms with van der Waals surface area (Å²) in [6.45, 7) is 3.66. The second kappa shape index (κ2) is 7.59. The molecule has 0 aromatic heterocycles. The van der Waals surface area contributed by atoms with Gasteiger partial charge in [-0.1, -0.05) is 0 Å². The molecule has 0 fully saturated rings. The number of anilines is 1. The van der Waals surface area contributed by atoms with E-state index < -0.39 is 0 Å². The van der Waals surface area contributed by atoms with Gasteiger partial charge in [-0.25, -0.2) is 0 Å².